The number of nitrogens with zero attached hydrogens (tertiary/aromatic N) is 3. The molecule has 0 atom stereocenters. The number of aliphatic imine (C=N–C) groups is 1. The lowest BCUT2D eigenvalue weighted by Gasteiger charge is -2.20. The van der Waals surface area contributed by atoms with Gasteiger partial charge in [-0.2, -0.15) is 0 Å². The van der Waals surface area contributed by atoms with Crippen LogP contribution >= 0.6 is 11.6 Å². The van der Waals surface area contributed by atoms with Crippen molar-refractivity contribution in [1.29, 1.82) is 0 Å². The van der Waals surface area contributed by atoms with Gasteiger partial charge in [0, 0.05) is 24.5 Å². The second-order valence-corrected chi connectivity index (χ2v) is 4.46. The van der Waals surface area contributed by atoms with Crippen LogP contribution in [0.1, 0.15) is 0 Å². The fourth-order valence-electron chi connectivity index (χ4n) is 1.95. The van der Waals surface area contributed by atoms with Crippen LogP contribution in [0.25, 0.3) is 5.69 Å². The van der Waals surface area contributed by atoms with Crippen molar-refractivity contribution >= 4 is 23.1 Å². The number of ether oxygens (including phenoxy) is 2. The van der Waals surface area contributed by atoms with Crippen molar-refractivity contribution in [3.8, 4) is 17.2 Å². The summed E-state index contributed by atoms with van der Waals surface area (Å²) in [4.78, 5) is 8.36. The molecule has 2 heterocycles. The number of benzene rings is 1. The van der Waals surface area contributed by atoms with E-state index in [2.05, 4.69) is 9.98 Å². The molecule has 0 bridgehead atoms. The molecule has 6 nitrogen and oxygen atoms in total. The van der Waals surface area contributed by atoms with Gasteiger partial charge in [0.25, 0.3) is 0 Å². The van der Waals surface area contributed by atoms with E-state index >= 15 is 0 Å². The van der Waals surface area contributed by atoms with E-state index < -0.39 is 0 Å². The highest BCUT2D eigenvalue weighted by molar-refractivity contribution is 6.28. The Balaban J connectivity index is 2.14. The summed E-state index contributed by atoms with van der Waals surface area (Å²) in [6.45, 7) is 1.05. The van der Waals surface area contributed by atoms with Gasteiger partial charge in [-0.05, 0) is 0 Å². The number of halogens is 1. The molecule has 0 saturated heterocycles. The van der Waals surface area contributed by atoms with Gasteiger partial charge in [0.1, 0.15) is 19.0 Å². The van der Waals surface area contributed by atoms with Crippen molar-refractivity contribution in [1.82, 2.24) is 9.55 Å². The minimum absolute atomic E-state index is 0.164. The van der Waals surface area contributed by atoms with Crippen LogP contribution in [-0.2, 0) is 0 Å². The molecule has 1 aromatic carbocycles. The zero-order valence-electron chi connectivity index (χ0n) is 10.6. The zero-order chi connectivity index (χ0) is 13.9. The predicted molar refractivity (Wildman–Crippen MR) is 76.6 cm³/mol. The first-order valence-corrected chi connectivity index (χ1v) is 6.62. The third-order valence-electron chi connectivity index (χ3n) is 2.82. The Hall–Kier alpha value is -2.21. The van der Waals surface area contributed by atoms with Gasteiger partial charge < -0.3 is 19.8 Å². The SMILES string of the molecule is NC(CCl)=Nc1cc2c(cc1-n1ccnc1)OCCO2. The molecular formula is C13H13ClN4O2. The van der Waals surface area contributed by atoms with E-state index in [0.717, 1.165) is 5.69 Å². The van der Waals surface area contributed by atoms with Crippen molar-refractivity contribution < 1.29 is 9.47 Å². The van der Waals surface area contributed by atoms with Crippen molar-refractivity contribution in [2.24, 2.45) is 10.7 Å². The van der Waals surface area contributed by atoms with Crippen LogP contribution in [0.5, 0.6) is 11.5 Å². The molecule has 3 rings (SSSR count). The lowest BCUT2D eigenvalue weighted by molar-refractivity contribution is 0.171. The number of alkyl halides is 1. The number of fused-ring (bicyclic) bond motifs is 1. The Kier molecular flexibility index (Phi) is 3.47. The maximum atomic E-state index is 5.72. The summed E-state index contributed by atoms with van der Waals surface area (Å²) in [6.07, 6.45) is 5.19. The number of aromatic nitrogens is 2. The zero-order valence-corrected chi connectivity index (χ0v) is 11.4. The fourth-order valence-corrected chi connectivity index (χ4v) is 2.01. The van der Waals surface area contributed by atoms with Crippen LogP contribution in [0.4, 0.5) is 5.69 Å². The molecule has 2 aromatic rings. The predicted octanol–water partition coefficient (Wildman–Crippen LogP) is 1.87. The maximum absolute atomic E-state index is 5.72. The molecule has 0 spiro atoms. The maximum Gasteiger partial charge on any atom is 0.163 e. The first-order chi connectivity index (χ1) is 9.78. The summed E-state index contributed by atoms with van der Waals surface area (Å²) in [5.74, 6) is 1.84. The second-order valence-electron chi connectivity index (χ2n) is 4.19. The molecule has 0 unspecified atom stereocenters. The number of amidine groups is 1. The van der Waals surface area contributed by atoms with Gasteiger partial charge in [-0.1, -0.05) is 0 Å². The van der Waals surface area contributed by atoms with E-state index in [0.29, 0.717) is 36.2 Å². The molecule has 0 aliphatic carbocycles. The highest BCUT2D eigenvalue weighted by atomic mass is 35.5. The molecule has 0 amide bonds. The number of hydrogen-bond donors (Lipinski definition) is 1. The highest BCUT2D eigenvalue weighted by Crippen LogP contribution is 2.38. The molecule has 1 aliphatic rings. The monoisotopic (exact) mass is 292 g/mol. The van der Waals surface area contributed by atoms with E-state index in [1.54, 1.807) is 18.6 Å². The van der Waals surface area contributed by atoms with E-state index in [9.17, 15) is 0 Å². The molecule has 104 valence electrons. The summed E-state index contributed by atoms with van der Waals surface area (Å²) in [5, 5.41) is 0. The van der Waals surface area contributed by atoms with Crippen LogP contribution in [0.3, 0.4) is 0 Å². The summed E-state index contributed by atoms with van der Waals surface area (Å²) >= 11 is 5.69. The Bertz CT molecular complexity index is 640. The van der Waals surface area contributed by atoms with Gasteiger partial charge in [0.2, 0.25) is 0 Å². The van der Waals surface area contributed by atoms with Crippen molar-refractivity contribution in [2.75, 3.05) is 19.1 Å². The average molecular weight is 293 g/mol. The molecule has 1 aliphatic heterocycles. The Morgan fingerprint density at radius 3 is 2.75 bits per heavy atom. The number of hydrogen-bond acceptors (Lipinski definition) is 4. The standard InChI is InChI=1S/C13H13ClN4O2/c14-7-13(15)17-9-5-11-12(20-4-3-19-11)6-10(9)18-2-1-16-8-18/h1-2,5-6,8H,3-4,7H2,(H2,15,17). The number of nitrogens with two attached hydrogens (primary N) is 1. The number of rotatable bonds is 3. The molecule has 0 fully saturated rings. The van der Waals surface area contributed by atoms with Crippen LogP contribution < -0.4 is 15.2 Å². The van der Waals surface area contributed by atoms with E-state index in [4.69, 9.17) is 26.8 Å². The molecule has 0 radical (unpaired) electrons. The largest absolute Gasteiger partial charge is 0.486 e. The van der Waals surface area contributed by atoms with Crippen LogP contribution in [0.15, 0.2) is 35.8 Å². The second kappa shape index (κ2) is 5.42. The molecule has 0 saturated carbocycles. The molecule has 2 N–H and O–H groups in total. The highest BCUT2D eigenvalue weighted by Gasteiger charge is 2.16. The molecule has 20 heavy (non-hydrogen) atoms. The van der Waals surface area contributed by atoms with Gasteiger partial charge in [0.05, 0.1) is 23.6 Å². The topological polar surface area (TPSA) is 74.7 Å². The smallest absolute Gasteiger partial charge is 0.163 e. The Morgan fingerprint density at radius 1 is 1.35 bits per heavy atom. The van der Waals surface area contributed by atoms with Gasteiger partial charge >= 0.3 is 0 Å². The van der Waals surface area contributed by atoms with Gasteiger partial charge in [0.15, 0.2) is 11.5 Å². The normalized spacial score (nSPS) is 14.3. The Morgan fingerprint density at radius 2 is 2.10 bits per heavy atom. The van der Waals surface area contributed by atoms with Crippen LogP contribution in [0.2, 0.25) is 0 Å². The Labute approximate surface area is 120 Å². The van der Waals surface area contributed by atoms with Crippen molar-refractivity contribution in [2.45, 2.75) is 0 Å². The minimum atomic E-state index is 0.164. The van der Waals surface area contributed by atoms with Gasteiger partial charge in [-0.3, -0.25) is 0 Å². The van der Waals surface area contributed by atoms with Crippen LogP contribution in [-0.4, -0.2) is 34.5 Å². The third kappa shape index (κ3) is 2.42. The number of imidazole rings is 1. The minimum Gasteiger partial charge on any atom is -0.486 e. The molecular weight excluding hydrogens is 280 g/mol. The lowest BCUT2D eigenvalue weighted by atomic mass is 10.2. The van der Waals surface area contributed by atoms with Crippen LogP contribution in [0, 0.1) is 0 Å². The summed E-state index contributed by atoms with van der Waals surface area (Å²) in [5.41, 5.74) is 7.19. The lowest BCUT2D eigenvalue weighted by Crippen LogP contribution is -2.16. The first-order valence-electron chi connectivity index (χ1n) is 6.09. The average Bonchev–Trinajstić information content (AvgIpc) is 3.00. The fraction of sp³-hybridized carbons (Fsp3) is 0.231. The molecule has 1 aromatic heterocycles. The van der Waals surface area contributed by atoms with E-state index in [1.165, 1.54) is 0 Å². The van der Waals surface area contributed by atoms with Gasteiger partial charge in [-0.25, -0.2) is 9.98 Å². The quantitative estimate of drug-likeness (QED) is 0.532. The van der Waals surface area contributed by atoms with E-state index in [-0.39, 0.29) is 5.88 Å². The van der Waals surface area contributed by atoms with E-state index in [1.807, 2.05) is 16.8 Å². The third-order valence-corrected chi connectivity index (χ3v) is 3.10. The summed E-state index contributed by atoms with van der Waals surface area (Å²) in [6, 6.07) is 3.65. The van der Waals surface area contributed by atoms with Crippen molar-refractivity contribution in [3.05, 3.63) is 30.9 Å². The van der Waals surface area contributed by atoms with Gasteiger partial charge in [-0.15, -0.1) is 11.6 Å². The molecule has 7 heteroatoms. The van der Waals surface area contributed by atoms with Crippen molar-refractivity contribution in [3.63, 3.8) is 0 Å². The summed E-state index contributed by atoms with van der Waals surface area (Å²) in [7, 11) is 0. The first kappa shape index (κ1) is 12.8. The summed E-state index contributed by atoms with van der Waals surface area (Å²) < 4.78 is 13.0.